The van der Waals surface area contributed by atoms with Crippen molar-refractivity contribution in [3.05, 3.63) is 88.1 Å². The lowest BCUT2D eigenvalue weighted by molar-refractivity contribution is -0.117. The van der Waals surface area contributed by atoms with Gasteiger partial charge < -0.3 is 5.32 Å². The number of benzene rings is 2. The van der Waals surface area contributed by atoms with Gasteiger partial charge in [0, 0.05) is 28.7 Å². The molecular weight excluding hydrogens is 416 g/mol. The van der Waals surface area contributed by atoms with Gasteiger partial charge in [-0.1, -0.05) is 48.0 Å². The number of carbonyl (C=O) groups is 1. The predicted octanol–water partition coefficient (Wildman–Crippen LogP) is 3.41. The number of aromatic nitrogens is 5. The maximum absolute atomic E-state index is 12.8. The summed E-state index contributed by atoms with van der Waals surface area (Å²) < 4.78 is 4.22. The zero-order valence-electron chi connectivity index (χ0n) is 16.5. The van der Waals surface area contributed by atoms with E-state index in [9.17, 15) is 9.59 Å². The van der Waals surface area contributed by atoms with E-state index >= 15 is 0 Å². The van der Waals surface area contributed by atoms with Gasteiger partial charge in [0.25, 0.3) is 0 Å². The Labute approximate surface area is 181 Å². The van der Waals surface area contributed by atoms with Crippen LogP contribution < -0.4 is 11.0 Å². The number of fused-ring (bicyclic) bond motifs is 3. The first kappa shape index (κ1) is 19.1. The molecule has 3 aromatic heterocycles. The van der Waals surface area contributed by atoms with Crippen LogP contribution in [0.4, 0.5) is 5.69 Å². The van der Waals surface area contributed by atoms with Crippen molar-refractivity contribution in [1.29, 1.82) is 0 Å². The molecule has 0 aliphatic heterocycles. The van der Waals surface area contributed by atoms with Gasteiger partial charge in [0.15, 0.2) is 5.65 Å². The quantitative estimate of drug-likeness (QED) is 0.471. The number of nitrogens with zero attached hydrogens (tertiary/aromatic N) is 5. The molecule has 0 fully saturated rings. The normalized spacial score (nSPS) is 11.3. The Balaban J connectivity index is 1.50. The monoisotopic (exact) mass is 432 g/mol. The summed E-state index contributed by atoms with van der Waals surface area (Å²) in [7, 11) is 0. The second kappa shape index (κ2) is 7.41. The molecule has 5 rings (SSSR count). The lowest BCUT2D eigenvalue weighted by atomic mass is 10.1. The van der Waals surface area contributed by atoms with Crippen molar-refractivity contribution < 1.29 is 4.79 Å². The van der Waals surface area contributed by atoms with Crippen molar-refractivity contribution >= 4 is 34.4 Å². The number of hydrogen-bond acceptors (Lipinski definition) is 4. The number of halogens is 1. The number of rotatable bonds is 4. The number of nitrogens with one attached hydrogen (secondary N) is 1. The van der Waals surface area contributed by atoms with E-state index in [0.717, 1.165) is 21.5 Å². The van der Waals surface area contributed by atoms with E-state index in [1.165, 1.54) is 4.40 Å². The van der Waals surface area contributed by atoms with Crippen LogP contribution in [0.3, 0.4) is 0 Å². The summed E-state index contributed by atoms with van der Waals surface area (Å²) in [6, 6.07) is 16.9. The highest BCUT2D eigenvalue weighted by molar-refractivity contribution is 6.31. The Hall–Kier alpha value is -3.91. The van der Waals surface area contributed by atoms with E-state index in [4.69, 9.17) is 11.6 Å². The minimum Gasteiger partial charge on any atom is -0.324 e. The molecule has 2 aromatic carbocycles. The highest BCUT2D eigenvalue weighted by Crippen LogP contribution is 2.23. The van der Waals surface area contributed by atoms with Crippen molar-refractivity contribution in [1.82, 2.24) is 23.8 Å². The highest BCUT2D eigenvalue weighted by Gasteiger charge is 2.16. The average Bonchev–Trinajstić information content (AvgIpc) is 3.34. The Kier molecular flexibility index (Phi) is 4.56. The van der Waals surface area contributed by atoms with Gasteiger partial charge in [-0.25, -0.2) is 18.4 Å². The summed E-state index contributed by atoms with van der Waals surface area (Å²) in [6.45, 7) is 1.59. The van der Waals surface area contributed by atoms with E-state index in [-0.39, 0.29) is 12.5 Å². The van der Waals surface area contributed by atoms with Crippen LogP contribution in [0.15, 0.2) is 71.8 Å². The Morgan fingerprint density at radius 2 is 1.87 bits per heavy atom. The third-order valence-electron chi connectivity index (χ3n) is 5.10. The fourth-order valence-electron chi connectivity index (χ4n) is 3.46. The zero-order chi connectivity index (χ0) is 21.5. The van der Waals surface area contributed by atoms with Crippen LogP contribution in [0.5, 0.6) is 0 Å². The van der Waals surface area contributed by atoms with Gasteiger partial charge in [0.2, 0.25) is 5.91 Å². The lowest BCUT2D eigenvalue weighted by Gasteiger charge is -2.08. The van der Waals surface area contributed by atoms with Crippen LogP contribution in [0.1, 0.15) is 5.56 Å². The Morgan fingerprint density at radius 1 is 1.06 bits per heavy atom. The van der Waals surface area contributed by atoms with Crippen molar-refractivity contribution in [2.75, 3.05) is 5.32 Å². The van der Waals surface area contributed by atoms with Gasteiger partial charge in [-0.2, -0.15) is 5.10 Å². The van der Waals surface area contributed by atoms with Crippen LogP contribution in [0.2, 0.25) is 5.02 Å². The third kappa shape index (κ3) is 3.36. The Morgan fingerprint density at radius 3 is 2.68 bits per heavy atom. The molecule has 0 bridgehead atoms. The molecule has 1 N–H and O–H groups in total. The molecule has 9 heteroatoms. The first-order valence-corrected chi connectivity index (χ1v) is 9.97. The number of anilines is 1. The van der Waals surface area contributed by atoms with E-state index in [2.05, 4.69) is 15.5 Å². The van der Waals surface area contributed by atoms with E-state index < -0.39 is 5.69 Å². The maximum Gasteiger partial charge on any atom is 0.350 e. The van der Waals surface area contributed by atoms with Crippen LogP contribution in [0, 0.1) is 6.92 Å². The summed E-state index contributed by atoms with van der Waals surface area (Å²) in [5, 5.41) is 12.3. The molecule has 0 atom stereocenters. The third-order valence-corrected chi connectivity index (χ3v) is 5.51. The van der Waals surface area contributed by atoms with E-state index in [1.54, 1.807) is 35.1 Å². The molecule has 0 saturated heterocycles. The van der Waals surface area contributed by atoms with Gasteiger partial charge in [-0.05, 0) is 30.7 Å². The van der Waals surface area contributed by atoms with Crippen LogP contribution in [0.25, 0.3) is 22.4 Å². The summed E-state index contributed by atoms with van der Waals surface area (Å²) >= 11 is 6.11. The molecule has 0 spiro atoms. The first-order valence-electron chi connectivity index (χ1n) is 9.59. The predicted molar refractivity (Wildman–Crippen MR) is 118 cm³/mol. The smallest absolute Gasteiger partial charge is 0.324 e. The van der Waals surface area contributed by atoms with E-state index in [1.807, 2.05) is 43.3 Å². The summed E-state index contributed by atoms with van der Waals surface area (Å²) in [5.74, 6) is -0.370. The fraction of sp³-hybridized carbons (Fsp3) is 0.0909. The van der Waals surface area contributed by atoms with Crippen molar-refractivity contribution in [3.63, 3.8) is 0 Å². The Bertz CT molecular complexity index is 1500. The highest BCUT2D eigenvalue weighted by atomic mass is 35.5. The molecule has 3 heterocycles. The SMILES string of the molecule is Cc1c(Cl)cccc1NC(=O)Cn1nc2c3cc(-c4ccccc4)nn3ccn2c1=O. The van der Waals surface area contributed by atoms with Crippen LogP contribution in [-0.2, 0) is 11.3 Å². The summed E-state index contributed by atoms with van der Waals surface area (Å²) in [4.78, 5) is 25.3. The minimum absolute atomic E-state index is 0.224. The number of carbonyl (C=O) groups excluding carboxylic acids is 1. The lowest BCUT2D eigenvalue weighted by Crippen LogP contribution is -2.28. The number of amides is 1. The topological polar surface area (TPSA) is 85.7 Å². The zero-order valence-corrected chi connectivity index (χ0v) is 17.2. The largest absolute Gasteiger partial charge is 0.350 e. The molecule has 31 heavy (non-hydrogen) atoms. The van der Waals surface area contributed by atoms with Crippen LogP contribution in [-0.4, -0.2) is 29.7 Å². The van der Waals surface area contributed by atoms with Gasteiger partial charge in [-0.15, -0.1) is 5.10 Å². The van der Waals surface area contributed by atoms with Gasteiger partial charge in [0.1, 0.15) is 12.1 Å². The van der Waals surface area contributed by atoms with Gasteiger partial charge >= 0.3 is 5.69 Å². The molecular formula is C22H17ClN6O2. The molecule has 154 valence electrons. The number of hydrogen-bond donors (Lipinski definition) is 1. The fourth-order valence-corrected chi connectivity index (χ4v) is 3.63. The average molecular weight is 433 g/mol. The van der Waals surface area contributed by atoms with Crippen molar-refractivity contribution in [3.8, 4) is 11.3 Å². The molecule has 5 aromatic rings. The second-order valence-electron chi connectivity index (χ2n) is 7.12. The molecule has 8 nitrogen and oxygen atoms in total. The second-order valence-corrected chi connectivity index (χ2v) is 7.53. The standard InChI is InChI=1S/C22H17ClN6O2/c1-14-16(23)8-5-9-17(14)24-20(30)13-29-22(31)27-10-11-28-19(21(27)26-29)12-18(25-28)15-6-3-2-4-7-15/h2-12H,13H2,1H3,(H,24,30). The van der Waals surface area contributed by atoms with Crippen LogP contribution >= 0.6 is 11.6 Å². The molecule has 0 aliphatic carbocycles. The van der Waals surface area contributed by atoms with Gasteiger partial charge in [-0.3, -0.25) is 4.79 Å². The van der Waals surface area contributed by atoms with E-state index in [0.29, 0.717) is 21.9 Å². The molecule has 0 unspecified atom stereocenters. The molecule has 0 saturated carbocycles. The summed E-state index contributed by atoms with van der Waals surface area (Å²) in [5.41, 5.74) is 3.77. The molecule has 0 radical (unpaired) electrons. The van der Waals surface area contributed by atoms with Crippen molar-refractivity contribution in [2.45, 2.75) is 13.5 Å². The van der Waals surface area contributed by atoms with Crippen molar-refractivity contribution in [2.24, 2.45) is 0 Å². The van der Waals surface area contributed by atoms with Gasteiger partial charge in [0.05, 0.1) is 5.69 Å². The maximum atomic E-state index is 12.8. The molecule has 1 amide bonds. The summed E-state index contributed by atoms with van der Waals surface area (Å²) in [6.07, 6.45) is 3.28. The molecule has 0 aliphatic rings. The minimum atomic E-state index is -0.405. The first-order chi connectivity index (χ1) is 15.0.